The van der Waals surface area contributed by atoms with E-state index in [1.807, 2.05) is 0 Å². The average Bonchev–Trinajstić information content (AvgIpc) is 2.31. The zero-order chi connectivity index (χ0) is 14.6. The molecule has 0 aliphatic carbocycles. The number of pyridine rings is 1. The van der Waals surface area contributed by atoms with Crippen LogP contribution in [0.2, 0.25) is 0 Å². The van der Waals surface area contributed by atoms with Crippen molar-refractivity contribution in [2.75, 3.05) is 0 Å². The maximum absolute atomic E-state index is 13.3. The lowest BCUT2D eigenvalue weighted by atomic mass is 10.0. The van der Waals surface area contributed by atoms with E-state index in [1.165, 1.54) is 0 Å². The first-order chi connectivity index (χ1) is 8.82. The van der Waals surface area contributed by atoms with Gasteiger partial charge in [0.05, 0.1) is 5.56 Å². The molecular formula is C12H14F2N2O3. The first-order valence-corrected chi connectivity index (χ1v) is 5.66. The van der Waals surface area contributed by atoms with E-state index in [4.69, 9.17) is 5.11 Å². The van der Waals surface area contributed by atoms with Gasteiger partial charge in [0.15, 0.2) is 5.82 Å². The molecule has 1 amide bonds. The van der Waals surface area contributed by atoms with Crippen molar-refractivity contribution >= 4 is 11.9 Å². The van der Waals surface area contributed by atoms with Crippen molar-refractivity contribution in [1.29, 1.82) is 0 Å². The lowest BCUT2D eigenvalue weighted by Gasteiger charge is -2.16. The number of rotatable bonds is 5. The van der Waals surface area contributed by atoms with Crippen molar-refractivity contribution in [2.24, 2.45) is 5.92 Å². The van der Waals surface area contributed by atoms with Crippen LogP contribution in [0.25, 0.3) is 0 Å². The van der Waals surface area contributed by atoms with E-state index in [-0.39, 0.29) is 12.3 Å². The van der Waals surface area contributed by atoms with E-state index in [0.717, 1.165) is 12.3 Å². The molecule has 0 aromatic carbocycles. The van der Waals surface area contributed by atoms with Crippen LogP contribution in [0.1, 0.15) is 30.6 Å². The molecule has 1 rings (SSSR count). The molecule has 0 saturated heterocycles. The van der Waals surface area contributed by atoms with Gasteiger partial charge in [-0.1, -0.05) is 13.8 Å². The number of aliphatic carboxylic acids is 1. The van der Waals surface area contributed by atoms with Gasteiger partial charge in [-0.2, -0.15) is 4.39 Å². The summed E-state index contributed by atoms with van der Waals surface area (Å²) >= 11 is 0. The van der Waals surface area contributed by atoms with E-state index in [0.29, 0.717) is 0 Å². The standard InChI is InChI=1S/C12H14F2N2O3/c1-6(2)5-8(12(18)19)16-11(17)7-3-4-15-10(14)9(7)13/h3-4,6,8H,5H2,1-2H3,(H,16,17)(H,18,19). The maximum atomic E-state index is 13.3. The summed E-state index contributed by atoms with van der Waals surface area (Å²) in [7, 11) is 0. The molecule has 0 spiro atoms. The summed E-state index contributed by atoms with van der Waals surface area (Å²) in [6.45, 7) is 3.57. The molecule has 1 atom stereocenters. The Hall–Kier alpha value is -2.05. The van der Waals surface area contributed by atoms with Crippen molar-refractivity contribution in [3.63, 3.8) is 0 Å². The lowest BCUT2D eigenvalue weighted by Crippen LogP contribution is -2.42. The molecule has 2 N–H and O–H groups in total. The molecule has 1 aromatic heterocycles. The molecule has 0 aliphatic rings. The van der Waals surface area contributed by atoms with Gasteiger partial charge < -0.3 is 10.4 Å². The number of aromatic nitrogens is 1. The smallest absolute Gasteiger partial charge is 0.326 e. The minimum Gasteiger partial charge on any atom is -0.480 e. The van der Waals surface area contributed by atoms with Crippen molar-refractivity contribution in [1.82, 2.24) is 10.3 Å². The Morgan fingerprint density at radius 1 is 1.42 bits per heavy atom. The Labute approximate surface area is 108 Å². The van der Waals surface area contributed by atoms with Gasteiger partial charge in [0, 0.05) is 6.20 Å². The van der Waals surface area contributed by atoms with Crippen molar-refractivity contribution in [3.8, 4) is 0 Å². The van der Waals surface area contributed by atoms with Gasteiger partial charge in [0.2, 0.25) is 5.95 Å². The number of nitrogens with zero attached hydrogens (tertiary/aromatic N) is 1. The summed E-state index contributed by atoms with van der Waals surface area (Å²) in [4.78, 5) is 25.7. The molecule has 1 aromatic rings. The molecule has 1 heterocycles. The van der Waals surface area contributed by atoms with E-state index in [1.54, 1.807) is 13.8 Å². The third kappa shape index (κ3) is 3.97. The highest BCUT2D eigenvalue weighted by atomic mass is 19.2. The Morgan fingerprint density at radius 2 is 2.05 bits per heavy atom. The van der Waals surface area contributed by atoms with Crippen LogP contribution in [0.3, 0.4) is 0 Å². The lowest BCUT2D eigenvalue weighted by molar-refractivity contribution is -0.139. The molecule has 0 aliphatic heterocycles. The topological polar surface area (TPSA) is 79.3 Å². The van der Waals surface area contributed by atoms with Gasteiger partial charge >= 0.3 is 5.97 Å². The van der Waals surface area contributed by atoms with Gasteiger partial charge in [-0.15, -0.1) is 0 Å². The fraction of sp³-hybridized carbons (Fsp3) is 0.417. The molecule has 1 unspecified atom stereocenters. The highest BCUT2D eigenvalue weighted by Crippen LogP contribution is 2.11. The number of carbonyl (C=O) groups is 2. The molecule has 0 fully saturated rings. The third-order valence-electron chi connectivity index (χ3n) is 2.40. The van der Waals surface area contributed by atoms with E-state index < -0.39 is 35.2 Å². The van der Waals surface area contributed by atoms with Gasteiger partial charge in [0.1, 0.15) is 6.04 Å². The molecule has 0 saturated carbocycles. The number of hydrogen-bond acceptors (Lipinski definition) is 3. The van der Waals surface area contributed by atoms with Crippen LogP contribution >= 0.6 is 0 Å². The summed E-state index contributed by atoms with van der Waals surface area (Å²) in [5, 5.41) is 11.1. The number of carboxylic acids is 1. The fourth-order valence-corrected chi connectivity index (χ4v) is 1.52. The van der Waals surface area contributed by atoms with E-state index >= 15 is 0 Å². The number of carbonyl (C=O) groups excluding carboxylic acids is 1. The molecule has 7 heteroatoms. The molecule has 104 valence electrons. The average molecular weight is 272 g/mol. The van der Waals surface area contributed by atoms with Crippen LogP contribution in [0.15, 0.2) is 12.3 Å². The minimum atomic E-state index is -1.40. The number of amides is 1. The molecule has 5 nitrogen and oxygen atoms in total. The summed E-state index contributed by atoms with van der Waals surface area (Å²) in [5.41, 5.74) is -0.567. The van der Waals surface area contributed by atoms with Crippen molar-refractivity contribution in [3.05, 3.63) is 29.6 Å². The van der Waals surface area contributed by atoms with Gasteiger partial charge in [-0.25, -0.2) is 14.2 Å². The second-order valence-corrected chi connectivity index (χ2v) is 4.46. The van der Waals surface area contributed by atoms with Crippen molar-refractivity contribution < 1.29 is 23.5 Å². The minimum absolute atomic E-state index is 0.0282. The van der Waals surface area contributed by atoms with Crippen LogP contribution in [-0.4, -0.2) is 28.0 Å². The second-order valence-electron chi connectivity index (χ2n) is 4.46. The number of halogens is 2. The van der Waals surface area contributed by atoms with Gasteiger partial charge in [-0.05, 0) is 18.4 Å². The summed E-state index contributed by atoms with van der Waals surface area (Å²) in [6, 6.07) is -0.162. The molecule has 0 bridgehead atoms. The quantitative estimate of drug-likeness (QED) is 0.798. The SMILES string of the molecule is CC(C)CC(NC(=O)c1ccnc(F)c1F)C(=O)O. The highest BCUT2D eigenvalue weighted by Gasteiger charge is 2.24. The Morgan fingerprint density at radius 3 is 2.58 bits per heavy atom. The Bertz CT molecular complexity index is 492. The van der Waals surface area contributed by atoms with E-state index in [9.17, 15) is 18.4 Å². The Kier molecular flexibility index (Phi) is 4.91. The fourth-order valence-electron chi connectivity index (χ4n) is 1.52. The van der Waals surface area contributed by atoms with Crippen LogP contribution in [0, 0.1) is 17.7 Å². The zero-order valence-electron chi connectivity index (χ0n) is 10.5. The monoisotopic (exact) mass is 272 g/mol. The third-order valence-corrected chi connectivity index (χ3v) is 2.40. The predicted molar refractivity (Wildman–Crippen MR) is 62.5 cm³/mol. The van der Waals surface area contributed by atoms with Crippen LogP contribution in [0.5, 0.6) is 0 Å². The van der Waals surface area contributed by atoms with Gasteiger partial charge in [0.25, 0.3) is 5.91 Å². The van der Waals surface area contributed by atoms with Crippen LogP contribution in [-0.2, 0) is 4.79 Å². The number of carboxylic acid groups (broad SMARTS) is 1. The van der Waals surface area contributed by atoms with E-state index in [2.05, 4.69) is 10.3 Å². The zero-order valence-corrected chi connectivity index (χ0v) is 10.5. The maximum Gasteiger partial charge on any atom is 0.326 e. The largest absolute Gasteiger partial charge is 0.480 e. The molecule has 0 radical (unpaired) electrons. The number of hydrogen-bond donors (Lipinski definition) is 2. The normalized spacial score (nSPS) is 12.3. The van der Waals surface area contributed by atoms with Crippen LogP contribution in [0.4, 0.5) is 8.78 Å². The Balaban J connectivity index is 2.88. The van der Waals surface area contributed by atoms with Crippen molar-refractivity contribution in [2.45, 2.75) is 26.3 Å². The number of nitrogens with one attached hydrogen (secondary N) is 1. The summed E-state index contributed by atoms with van der Waals surface area (Å²) < 4.78 is 26.2. The van der Waals surface area contributed by atoms with Crippen LogP contribution < -0.4 is 5.32 Å². The first kappa shape index (κ1) is 15.0. The molecule has 19 heavy (non-hydrogen) atoms. The predicted octanol–water partition coefficient (Wildman–Crippen LogP) is 1.59. The van der Waals surface area contributed by atoms with Gasteiger partial charge in [-0.3, -0.25) is 4.79 Å². The summed E-state index contributed by atoms with van der Waals surface area (Å²) in [5.74, 6) is -4.97. The highest BCUT2D eigenvalue weighted by molar-refractivity contribution is 5.96. The second kappa shape index (κ2) is 6.21. The first-order valence-electron chi connectivity index (χ1n) is 5.66. The molecular weight excluding hydrogens is 258 g/mol. The summed E-state index contributed by atoms with van der Waals surface area (Å²) in [6.07, 6.45) is 1.13.